The van der Waals surface area contributed by atoms with Crippen molar-refractivity contribution in [3.63, 3.8) is 0 Å². The van der Waals surface area contributed by atoms with E-state index in [0.717, 1.165) is 44.7 Å². The molecule has 1 aliphatic carbocycles. The van der Waals surface area contributed by atoms with Gasteiger partial charge in [-0.3, -0.25) is 4.57 Å². The smallest absolute Gasteiger partial charge is 0.235 e. The summed E-state index contributed by atoms with van der Waals surface area (Å²) in [5.41, 5.74) is 10.8. The number of fused-ring (bicyclic) bond motifs is 6. The fraction of sp³-hybridized carbons (Fsp3) is 0.0698. The molecular weight excluding hydrogens is 558 g/mol. The van der Waals surface area contributed by atoms with Gasteiger partial charge in [-0.2, -0.15) is 0 Å². The topological polar surface area (TPSA) is 30.7 Å². The number of benzene rings is 6. The van der Waals surface area contributed by atoms with Gasteiger partial charge >= 0.3 is 0 Å². The van der Waals surface area contributed by atoms with Crippen molar-refractivity contribution < 1.29 is 0 Å². The van der Waals surface area contributed by atoms with Gasteiger partial charge in [-0.05, 0) is 63.4 Å². The Hall–Kier alpha value is -5.80. The molecule has 2 aromatic heterocycles. The highest BCUT2D eigenvalue weighted by atomic mass is 15.2. The van der Waals surface area contributed by atoms with Crippen LogP contribution in [0.1, 0.15) is 25.1 Å². The molecule has 1 aliphatic rings. The van der Waals surface area contributed by atoms with Crippen LogP contribution in [-0.4, -0.2) is 14.5 Å². The maximum Gasteiger partial charge on any atom is 0.235 e. The zero-order valence-corrected chi connectivity index (χ0v) is 25.8. The maximum absolute atomic E-state index is 5.47. The third-order valence-electron chi connectivity index (χ3n) is 9.39. The van der Waals surface area contributed by atoms with Gasteiger partial charge in [0.1, 0.15) is 0 Å². The molecule has 2 heterocycles. The Morgan fingerprint density at radius 1 is 0.522 bits per heavy atom. The predicted molar refractivity (Wildman–Crippen MR) is 192 cm³/mol. The van der Waals surface area contributed by atoms with Crippen LogP contribution in [0.25, 0.3) is 78.1 Å². The molecular formula is C43H31N3. The van der Waals surface area contributed by atoms with Crippen LogP contribution in [-0.2, 0) is 5.41 Å². The molecule has 46 heavy (non-hydrogen) atoms. The summed E-state index contributed by atoms with van der Waals surface area (Å²) < 4.78 is 2.26. The van der Waals surface area contributed by atoms with Crippen LogP contribution in [0.5, 0.6) is 0 Å². The summed E-state index contributed by atoms with van der Waals surface area (Å²) in [5, 5.41) is 4.90. The second kappa shape index (κ2) is 10.1. The van der Waals surface area contributed by atoms with Gasteiger partial charge in [0, 0.05) is 27.3 Å². The Bertz CT molecular complexity index is 2430. The van der Waals surface area contributed by atoms with Crippen molar-refractivity contribution in [2.75, 3.05) is 0 Å². The van der Waals surface area contributed by atoms with E-state index in [1.165, 1.54) is 32.7 Å². The van der Waals surface area contributed by atoms with Crippen molar-refractivity contribution in [3.8, 4) is 39.5 Å². The van der Waals surface area contributed by atoms with E-state index in [2.05, 4.69) is 170 Å². The van der Waals surface area contributed by atoms with E-state index < -0.39 is 0 Å². The van der Waals surface area contributed by atoms with E-state index in [4.69, 9.17) is 9.97 Å². The normalized spacial score (nSPS) is 13.5. The average molecular weight is 590 g/mol. The van der Waals surface area contributed by atoms with Crippen LogP contribution < -0.4 is 0 Å². The summed E-state index contributed by atoms with van der Waals surface area (Å²) in [4.78, 5) is 10.8. The van der Waals surface area contributed by atoms with Gasteiger partial charge in [0.15, 0.2) is 0 Å². The van der Waals surface area contributed by atoms with E-state index in [-0.39, 0.29) is 5.41 Å². The molecule has 8 aromatic rings. The summed E-state index contributed by atoms with van der Waals surface area (Å²) in [7, 11) is 0. The zero-order valence-electron chi connectivity index (χ0n) is 25.8. The minimum atomic E-state index is -0.230. The molecule has 0 fully saturated rings. The number of hydrogen-bond donors (Lipinski definition) is 0. The molecule has 0 bridgehead atoms. The second-order valence-electron chi connectivity index (χ2n) is 12.8. The fourth-order valence-corrected chi connectivity index (χ4v) is 7.11. The number of hydrogen-bond acceptors (Lipinski definition) is 2. The number of allylic oxidation sites excluding steroid dienone is 1. The lowest BCUT2D eigenvalue weighted by Gasteiger charge is -2.20. The molecule has 0 saturated heterocycles. The SMILES string of the molecule is CC1(C)C=Cc2c(-c3cc(-c4ccccc4)cc(-c4ccccc4)c3)nc(-n3c4ccccc4c4c5ccccc5ccc43)nc21. The number of rotatable bonds is 4. The number of nitrogens with zero attached hydrogens (tertiary/aromatic N) is 3. The molecule has 0 amide bonds. The first-order valence-electron chi connectivity index (χ1n) is 15.8. The molecule has 0 spiro atoms. The molecule has 0 aliphatic heterocycles. The van der Waals surface area contributed by atoms with Crippen LogP contribution in [0.4, 0.5) is 0 Å². The molecule has 3 heteroatoms. The first-order chi connectivity index (χ1) is 22.5. The van der Waals surface area contributed by atoms with Crippen LogP contribution in [0.2, 0.25) is 0 Å². The minimum Gasteiger partial charge on any atom is -0.278 e. The highest BCUT2D eigenvalue weighted by Gasteiger charge is 2.31. The predicted octanol–water partition coefficient (Wildman–Crippen LogP) is 11.0. The van der Waals surface area contributed by atoms with Gasteiger partial charge in [-0.1, -0.05) is 135 Å². The van der Waals surface area contributed by atoms with Crippen LogP contribution in [0, 0.1) is 0 Å². The molecule has 6 aromatic carbocycles. The van der Waals surface area contributed by atoms with Crippen molar-refractivity contribution >= 4 is 38.7 Å². The van der Waals surface area contributed by atoms with Crippen molar-refractivity contribution in [2.24, 2.45) is 0 Å². The molecule has 0 radical (unpaired) electrons. The van der Waals surface area contributed by atoms with Crippen molar-refractivity contribution in [2.45, 2.75) is 19.3 Å². The van der Waals surface area contributed by atoms with E-state index in [1.54, 1.807) is 0 Å². The van der Waals surface area contributed by atoms with Gasteiger partial charge in [-0.15, -0.1) is 0 Å². The van der Waals surface area contributed by atoms with E-state index in [9.17, 15) is 0 Å². The summed E-state index contributed by atoms with van der Waals surface area (Å²) in [5.74, 6) is 0.693. The largest absolute Gasteiger partial charge is 0.278 e. The lowest BCUT2D eigenvalue weighted by Crippen LogP contribution is -2.16. The summed E-state index contributed by atoms with van der Waals surface area (Å²) >= 11 is 0. The Labute approximate surface area is 268 Å². The average Bonchev–Trinajstić information content (AvgIpc) is 3.62. The molecule has 0 atom stereocenters. The quantitative estimate of drug-likeness (QED) is 0.204. The Morgan fingerprint density at radius 2 is 1.13 bits per heavy atom. The Balaban J connectivity index is 1.36. The summed E-state index contributed by atoms with van der Waals surface area (Å²) in [6, 6.07) is 49.8. The van der Waals surface area contributed by atoms with Gasteiger partial charge in [0.2, 0.25) is 5.95 Å². The first kappa shape index (κ1) is 26.6. The lowest BCUT2D eigenvalue weighted by atomic mass is 9.90. The minimum absolute atomic E-state index is 0.230. The van der Waals surface area contributed by atoms with E-state index >= 15 is 0 Å². The van der Waals surface area contributed by atoms with Crippen molar-refractivity contribution in [3.05, 3.63) is 157 Å². The van der Waals surface area contributed by atoms with Crippen LogP contribution in [0.3, 0.4) is 0 Å². The van der Waals surface area contributed by atoms with Gasteiger partial charge in [0.05, 0.1) is 22.4 Å². The molecule has 9 rings (SSSR count). The first-order valence-corrected chi connectivity index (χ1v) is 15.8. The maximum atomic E-state index is 5.47. The van der Waals surface area contributed by atoms with E-state index in [0.29, 0.717) is 5.95 Å². The van der Waals surface area contributed by atoms with Gasteiger partial charge < -0.3 is 0 Å². The Morgan fingerprint density at radius 3 is 1.85 bits per heavy atom. The second-order valence-corrected chi connectivity index (χ2v) is 12.8. The third-order valence-corrected chi connectivity index (χ3v) is 9.39. The van der Waals surface area contributed by atoms with E-state index in [1.807, 2.05) is 0 Å². The lowest BCUT2D eigenvalue weighted by molar-refractivity contribution is 0.651. The third kappa shape index (κ3) is 4.13. The van der Waals surface area contributed by atoms with Gasteiger partial charge in [0.25, 0.3) is 0 Å². The van der Waals surface area contributed by atoms with Crippen molar-refractivity contribution in [1.29, 1.82) is 0 Å². The molecule has 0 N–H and O–H groups in total. The number of para-hydroxylation sites is 1. The summed E-state index contributed by atoms with van der Waals surface area (Å²) in [6.07, 6.45) is 4.48. The fourth-order valence-electron chi connectivity index (χ4n) is 7.11. The van der Waals surface area contributed by atoms with Crippen molar-refractivity contribution in [1.82, 2.24) is 14.5 Å². The highest BCUT2D eigenvalue weighted by molar-refractivity contribution is 6.21. The highest BCUT2D eigenvalue weighted by Crippen LogP contribution is 2.43. The molecule has 3 nitrogen and oxygen atoms in total. The zero-order chi connectivity index (χ0) is 30.8. The van der Waals surface area contributed by atoms with Gasteiger partial charge in [-0.25, -0.2) is 9.97 Å². The van der Waals surface area contributed by atoms with Crippen LogP contribution in [0.15, 0.2) is 146 Å². The molecule has 0 unspecified atom stereocenters. The Kier molecular flexibility index (Phi) is 5.85. The molecule has 0 saturated carbocycles. The number of aromatic nitrogens is 3. The monoisotopic (exact) mass is 589 g/mol. The van der Waals surface area contributed by atoms with Crippen LogP contribution >= 0.6 is 0 Å². The summed E-state index contributed by atoms with van der Waals surface area (Å²) in [6.45, 7) is 4.48. The standard InChI is InChI=1S/C43H31N3/c1-43(2)24-23-36-40(33-26-31(28-13-5-3-6-14-28)25-32(27-33)29-15-7-4-8-16-29)44-42(45-41(36)43)46-37-20-12-11-19-35(37)39-34-18-10-9-17-30(34)21-22-38(39)46/h3-27H,1-2H3. The molecule has 218 valence electrons.